The van der Waals surface area contributed by atoms with Gasteiger partial charge in [-0.25, -0.2) is 4.79 Å². The maximum atomic E-state index is 13.8. The van der Waals surface area contributed by atoms with Crippen LogP contribution in [0.1, 0.15) is 31.7 Å². The second-order valence-electron chi connectivity index (χ2n) is 10.3. The average Bonchev–Trinajstić information content (AvgIpc) is 3.22. The molecule has 9 nitrogen and oxygen atoms in total. The molecule has 4 heterocycles. The molecule has 0 aliphatic carbocycles. The second-order valence-corrected chi connectivity index (χ2v) is 10.3. The van der Waals surface area contributed by atoms with Crippen LogP contribution in [0.15, 0.2) is 18.2 Å². The first-order chi connectivity index (χ1) is 16.4. The molecule has 186 valence electrons. The number of amides is 3. The lowest BCUT2D eigenvalue weighted by Gasteiger charge is -2.46. The van der Waals surface area contributed by atoms with Crippen molar-refractivity contribution in [2.45, 2.75) is 51.6 Å². The van der Waals surface area contributed by atoms with Crippen LogP contribution in [0.25, 0.3) is 0 Å². The highest BCUT2D eigenvalue weighted by Crippen LogP contribution is 2.38. The normalized spacial score (nSPS) is 30.5. The number of hydrogen-bond donors (Lipinski definition) is 1. The summed E-state index contributed by atoms with van der Waals surface area (Å²) in [5.41, 5.74) is 2.17. The fourth-order valence-electron chi connectivity index (χ4n) is 6.06. The largest absolute Gasteiger partial charge is 0.495 e. The van der Waals surface area contributed by atoms with Gasteiger partial charge in [-0.3, -0.25) is 19.9 Å². The van der Waals surface area contributed by atoms with Crippen LogP contribution in [-0.2, 0) is 4.79 Å². The summed E-state index contributed by atoms with van der Waals surface area (Å²) >= 11 is 0. The number of anilines is 1. The van der Waals surface area contributed by atoms with Crippen molar-refractivity contribution in [3.05, 3.63) is 23.8 Å². The van der Waals surface area contributed by atoms with Crippen molar-refractivity contribution < 1.29 is 14.3 Å². The van der Waals surface area contributed by atoms with Gasteiger partial charge >= 0.3 is 6.03 Å². The van der Waals surface area contributed by atoms with Crippen LogP contribution in [0.5, 0.6) is 5.75 Å². The van der Waals surface area contributed by atoms with Gasteiger partial charge < -0.3 is 19.4 Å². The number of carbonyl (C=O) groups is 2. The average molecular weight is 471 g/mol. The number of nitrogens with one attached hydrogen (secondary N) is 1. The molecule has 0 radical (unpaired) electrons. The Hall–Kier alpha value is -2.36. The van der Waals surface area contributed by atoms with Gasteiger partial charge in [0.1, 0.15) is 24.2 Å². The molecule has 1 aromatic carbocycles. The molecule has 4 fully saturated rings. The Bertz CT molecular complexity index is 935. The lowest BCUT2D eigenvalue weighted by Crippen LogP contribution is -2.67. The maximum Gasteiger partial charge on any atom is 0.327 e. The van der Waals surface area contributed by atoms with Gasteiger partial charge in [-0.05, 0) is 56.5 Å². The highest BCUT2D eigenvalue weighted by atomic mass is 16.5. The van der Waals surface area contributed by atoms with Gasteiger partial charge in [0.15, 0.2) is 0 Å². The van der Waals surface area contributed by atoms with E-state index in [9.17, 15) is 9.59 Å². The molecule has 4 saturated heterocycles. The summed E-state index contributed by atoms with van der Waals surface area (Å²) in [7, 11) is 3.50. The monoisotopic (exact) mass is 470 g/mol. The van der Waals surface area contributed by atoms with Crippen molar-refractivity contribution in [3.8, 4) is 5.75 Å². The van der Waals surface area contributed by atoms with Gasteiger partial charge in [0.05, 0.1) is 12.8 Å². The Morgan fingerprint density at radius 3 is 2.59 bits per heavy atom. The summed E-state index contributed by atoms with van der Waals surface area (Å²) in [6.07, 6.45) is 3.14. The minimum atomic E-state index is -0.393. The number of fused-ring (bicyclic) bond motifs is 3. The Morgan fingerprint density at radius 2 is 1.85 bits per heavy atom. The molecule has 9 heteroatoms. The lowest BCUT2D eigenvalue weighted by molar-refractivity contribution is -0.139. The predicted molar refractivity (Wildman–Crippen MR) is 131 cm³/mol. The number of likely N-dealkylation sites (N-methyl/N-ethyl adjacent to an activating group) is 1. The summed E-state index contributed by atoms with van der Waals surface area (Å²) in [6, 6.07) is 5.59. The Balaban J connectivity index is 1.40. The van der Waals surface area contributed by atoms with Crippen LogP contribution in [0.3, 0.4) is 0 Å². The molecule has 1 aromatic rings. The summed E-state index contributed by atoms with van der Waals surface area (Å²) in [4.78, 5) is 37.1. The SMILES string of the molecule is COc1ccc(C)cc1N1CC(C)CN2C3C(=O)N(CCN4CCCCC4)C(=O)N(C)C3NC12. The van der Waals surface area contributed by atoms with Crippen molar-refractivity contribution in [2.75, 3.05) is 58.3 Å². The van der Waals surface area contributed by atoms with E-state index in [4.69, 9.17) is 4.74 Å². The third kappa shape index (κ3) is 4.03. The van der Waals surface area contributed by atoms with Crippen molar-refractivity contribution in [1.82, 2.24) is 24.9 Å². The summed E-state index contributed by atoms with van der Waals surface area (Å²) in [6.45, 7) is 9.25. The van der Waals surface area contributed by atoms with E-state index >= 15 is 0 Å². The number of aryl methyl sites for hydroxylation is 1. The van der Waals surface area contributed by atoms with E-state index < -0.39 is 6.04 Å². The van der Waals surface area contributed by atoms with Gasteiger partial charge in [-0.1, -0.05) is 19.4 Å². The van der Waals surface area contributed by atoms with Gasteiger partial charge in [0, 0.05) is 33.2 Å². The van der Waals surface area contributed by atoms with E-state index in [1.165, 1.54) is 24.2 Å². The van der Waals surface area contributed by atoms with E-state index in [2.05, 4.69) is 39.9 Å². The molecule has 4 unspecified atom stereocenters. The maximum absolute atomic E-state index is 13.8. The van der Waals surface area contributed by atoms with E-state index in [0.29, 0.717) is 12.5 Å². The van der Waals surface area contributed by atoms with Crippen LogP contribution in [0.2, 0.25) is 0 Å². The number of nitrogens with zero attached hydrogens (tertiary/aromatic N) is 5. The number of hydrogen-bond acceptors (Lipinski definition) is 7. The third-order valence-corrected chi connectivity index (χ3v) is 7.82. The predicted octanol–water partition coefficient (Wildman–Crippen LogP) is 1.72. The summed E-state index contributed by atoms with van der Waals surface area (Å²) < 4.78 is 5.69. The number of ether oxygens (including phenoxy) is 1. The molecule has 4 aliphatic heterocycles. The highest BCUT2D eigenvalue weighted by molar-refractivity contribution is 6.00. The first-order valence-corrected chi connectivity index (χ1v) is 12.6. The van der Waals surface area contributed by atoms with E-state index in [1.807, 2.05) is 19.2 Å². The Morgan fingerprint density at radius 1 is 1.09 bits per heavy atom. The van der Waals surface area contributed by atoms with E-state index in [0.717, 1.165) is 49.7 Å². The van der Waals surface area contributed by atoms with Gasteiger partial charge in [0.25, 0.3) is 5.91 Å². The molecule has 0 spiro atoms. The number of benzene rings is 1. The van der Waals surface area contributed by atoms with E-state index in [-0.39, 0.29) is 24.4 Å². The molecule has 3 amide bonds. The number of imide groups is 1. The lowest BCUT2D eigenvalue weighted by atomic mass is 10.0. The molecule has 4 aliphatic rings. The fourth-order valence-corrected chi connectivity index (χ4v) is 6.06. The number of urea groups is 1. The number of likely N-dealkylation sites (tertiary alicyclic amines) is 1. The highest BCUT2D eigenvalue weighted by Gasteiger charge is 2.56. The quantitative estimate of drug-likeness (QED) is 0.703. The zero-order valence-electron chi connectivity index (χ0n) is 20.9. The number of carbonyl (C=O) groups excluding carboxylic acids is 2. The second kappa shape index (κ2) is 9.36. The zero-order chi connectivity index (χ0) is 24.0. The van der Waals surface area contributed by atoms with Crippen LogP contribution >= 0.6 is 0 Å². The molecule has 1 N–H and O–H groups in total. The third-order valence-electron chi connectivity index (χ3n) is 7.82. The Kier molecular flexibility index (Phi) is 6.43. The van der Waals surface area contributed by atoms with Crippen LogP contribution in [-0.4, -0.2) is 103 Å². The summed E-state index contributed by atoms with van der Waals surface area (Å²) in [5.74, 6) is 1.10. The standard InChI is InChI=1S/C25H38N6O3/c1-17-8-9-20(34-4)19(14-17)30-15-18(2)16-31-21-22(26-24(30)31)27(3)25(33)29(23(21)32)13-12-28-10-6-5-7-11-28/h8-9,14,18,21-22,24,26H,5-7,10-13,15-16H2,1-4H3. The van der Waals surface area contributed by atoms with Crippen LogP contribution in [0, 0.1) is 12.8 Å². The molecule has 4 atom stereocenters. The number of piperidine rings is 1. The number of methoxy groups -OCH3 is 1. The smallest absolute Gasteiger partial charge is 0.327 e. The van der Waals surface area contributed by atoms with Gasteiger partial charge in [-0.2, -0.15) is 0 Å². The molecule has 0 bridgehead atoms. The first kappa shape index (κ1) is 23.4. The molecule has 5 rings (SSSR count). The fraction of sp³-hybridized carbons (Fsp3) is 0.680. The minimum absolute atomic E-state index is 0.0784. The van der Waals surface area contributed by atoms with Crippen molar-refractivity contribution in [1.29, 1.82) is 0 Å². The van der Waals surface area contributed by atoms with Crippen molar-refractivity contribution >= 4 is 17.6 Å². The van der Waals surface area contributed by atoms with Crippen LogP contribution < -0.4 is 15.0 Å². The van der Waals surface area contributed by atoms with Gasteiger partial charge in [-0.15, -0.1) is 0 Å². The molecule has 0 saturated carbocycles. The number of rotatable bonds is 5. The molecular formula is C25H38N6O3. The van der Waals surface area contributed by atoms with Crippen LogP contribution in [0.4, 0.5) is 10.5 Å². The van der Waals surface area contributed by atoms with E-state index in [1.54, 1.807) is 12.0 Å². The Labute approximate surface area is 202 Å². The molecular weight excluding hydrogens is 432 g/mol. The summed E-state index contributed by atoms with van der Waals surface area (Å²) in [5, 5.41) is 3.61. The molecule has 0 aromatic heterocycles. The topological polar surface area (TPSA) is 71.6 Å². The van der Waals surface area contributed by atoms with Crippen molar-refractivity contribution in [2.24, 2.45) is 5.92 Å². The zero-order valence-corrected chi connectivity index (χ0v) is 20.9. The minimum Gasteiger partial charge on any atom is -0.495 e. The van der Waals surface area contributed by atoms with Crippen molar-refractivity contribution in [3.63, 3.8) is 0 Å². The first-order valence-electron chi connectivity index (χ1n) is 12.6. The molecule has 34 heavy (non-hydrogen) atoms. The van der Waals surface area contributed by atoms with Gasteiger partial charge in [0.2, 0.25) is 0 Å².